The second-order valence-corrected chi connectivity index (χ2v) is 2.28. The van der Waals surface area contributed by atoms with Gasteiger partial charge in [0.25, 0.3) is 0 Å². The minimum atomic E-state index is -4.64. The number of rotatable bonds is 0. The molecule has 58 valence electrons. The van der Waals surface area contributed by atoms with Crippen LogP contribution in [0.3, 0.4) is 0 Å². The van der Waals surface area contributed by atoms with Gasteiger partial charge in [-0.25, -0.2) is 4.57 Å². The molecule has 0 aromatic heterocycles. The van der Waals surface area contributed by atoms with Crippen molar-refractivity contribution in [3.63, 3.8) is 0 Å². The molecule has 0 fully saturated rings. The molecule has 10 heavy (non-hydrogen) atoms. The first-order chi connectivity index (χ1) is 3.73. The first kappa shape index (κ1) is 18.0. The van der Waals surface area contributed by atoms with Crippen LogP contribution in [0, 0.1) is 0 Å². The quantitative estimate of drug-likeness (QED) is 0.303. The molecular formula is H4AlF3KO4P. The summed E-state index contributed by atoms with van der Waals surface area (Å²) in [4.78, 5) is 21.6. The predicted molar refractivity (Wildman–Crippen MR) is 24.5 cm³/mol. The van der Waals surface area contributed by atoms with Crippen LogP contribution in [-0.2, 0) is 4.57 Å². The maximum absolute atomic E-state index is 9.81. The van der Waals surface area contributed by atoms with E-state index in [0.29, 0.717) is 0 Å². The fraction of sp³-hybridized carbons (Fsp3) is 0. The zero-order valence-corrected chi connectivity index (χ0v) is 10.1. The molecule has 0 radical (unpaired) electrons. The fourth-order valence-corrected chi connectivity index (χ4v) is 0. The molecule has 0 spiro atoms. The van der Waals surface area contributed by atoms with Gasteiger partial charge in [-0.05, 0) is 0 Å². The molecule has 10 heteroatoms. The monoisotopic (exact) mass is 222 g/mol. The van der Waals surface area contributed by atoms with Crippen molar-refractivity contribution < 1.29 is 82.6 Å². The Labute approximate surface area is 104 Å². The summed E-state index contributed by atoms with van der Waals surface area (Å²) in [6.07, 6.45) is 0. The first-order valence-corrected chi connectivity index (χ1v) is 4.31. The van der Waals surface area contributed by atoms with Crippen LogP contribution in [-0.4, -0.2) is 30.2 Å². The van der Waals surface area contributed by atoms with E-state index in [9.17, 15) is 10.6 Å². The molecule has 0 aliphatic carbocycles. The van der Waals surface area contributed by atoms with Gasteiger partial charge in [0, 0.05) is 0 Å². The molecule has 0 aromatic rings. The number of hydrogen-bond acceptors (Lipinski definition) is 1. The number of halogens is 3. The standard InChI is InChI=1S/Al.3FH.K.H3O4P.H/c;;;;;1-5(2,3)4;/h;3*1H;;(H3,1,2,3,4);/q+3;;;;+1;;-1/p-3. The van der Waals surface area contributed by atoms with E-state index in [0.717, 1.165) is 0 Å². The largest absolute Gasteiger partial charge is 1.04 e. The molecule has 0 heterocycles. The summed E-state index contributed by atoms with van der Waals surface area (Å²) >= 11 is -4.64. The van der Waals surface area contributed by atoms with Gasteiger partial charge < -0.3 is 26.7 Å². The van der Waals surface area contributed by atoms with Gasteiger partial charge in [0.2, 0.25) is 0 Å². The minimum Gasteiger partial charge on any atom is -1.00 e. The first-order valence-electron chi connectivity index (χ1n) is 1.44. The third kappa shape index (κ3) is 193. The normalized spacial score (nSPS) is 8.60. The Morgan fingerprint density at radius 1 is 1.20 bits per heavy atom. The molecule has 0 unspecified atom stereocenters. The zero-order valence-electron chi connectivity index (χ0n) is 5.91. The number of phosphoric acid groups is 1. The van der Waals surface area contributed by atoms with Crippen LogP contribution in [0.1, 0.15) is 1.43 Å². The average Bonchev–Trinajstić information content (AvgIpc) is 1.19. The maximum Gasteiger partial charge on any atom is 1.04 e. The van der Waals surface area contributed by atoms with Gasteiger partial charge in [0.15, 0.2) is 0 Å². The van der Waals surface area contributed by atoms with Crippen molar-refractivity contribution in [1.29, 1.82) is 0 Å². The Hall–Kier alpha value is 2.07. The van der Waals surface area contributed by atoms with Crippen LogP contribution >= 0.6 is 7.82 Å². The van der Waals surface area contributed by atoms with E-state index in [2.05, 4.69) is 0 Å². The molecule has 0 saturated heterocycles. The van der Waals surface area contributed by atoms with E-state index < -0.39 is 23.4 Å². The molecule has 0 aliphatic rings. The van der Waals surface area contributed by atoms with Gasteiger partial charge in [-0.3, -0.25) is 0 Å². The van der Waals surface area contributed by atoms with E-state index >= 15 is 0 Å². The van der Waals surface area contributed by atoms with Crippen molar-refractivity contribution in [1.82, 2.24) is 0 Å². The molecule has 3 N–H and O–H groups in total. The molecule has 0 bridgehead atoms. The van der Waals surface area contributed by atoms with Crippen LogP contribution in [0.5, 0.6) is 0 Å². The minimum absolute atomic E-state index is 0. The van der Waals surface area contributed by atoms with Crippen LogP contribution in [0.2, 0.25) is 0 Å². The molecule has 0 saturated carbocycles. The van der Waals surface area contributed by atoms with Crippen molar-refractivity contribution in [3.8, 4) is 0 Å². The second-order valence-electron chi connectivity index (χ2n) is 0.761. The van der Waals surface area contributed by atoms with E-state index in [-0.39, 0.29) is 52.8 Å². The maximum atomic E-state index is 9.81. The van der Waals surface area contributed by atoms with E-state index in [1.165, 1.54) is 0 Å². The third-order valence-corrected chi connectivity index (χ3v) is 0. The van der Waals surface area contributed by atoms with Crippen molar-refractivity contribution in [2.24, 2.45) is 0 Å². The average molecular weight is 222 g/mol. The Morgan fingerprint density at radius 2 is 1.20 bits per heavy atom. The summed E-state index contributed by atoms with van der Waals surface area (Å²) in [5.41, 5.74) is 0. The van der Waals surface area contributed by atoms with Gasteiger partial charge in [-0.1, -0.05) is 0 Å². The number of hydrogen-bond donors (Lipinski definition) is 3. The second kappa shape index (κ2) is 9.16. The van der Waals surface area contributed by atoms with Gasteiger partial charge in [-0.2, -0.15) is 0 Å². The third-order valence-electron chi connectivity index (χ3n) is 0. The van der Waals surface area contributed by atoms with Gasteiger partial charge in [0.05, 0.1) is 0 Å². The van der Waals surface area contributed by atoms with E-state index in [1.807, 2.05) is 0 Å². The van der Waals surface area contributed by atoms with Gasteiger partial charge in [0.1, 0.15) is 0 Å². The topological polar surface area (TPSA) is 77.8 Å². The van der Waals surface area contributed by atoms with Crippen molar-refractivity contribution in [2.45, 2.75) is 0 Å². The predicted octanol–water partition coefficient (Wildman–Crippen LogP) is -2.93. The smallest absolute Gasteiger partial charge is 1.00 e. The Bertz CT molecular complexity index is 96.5. The summed E-state index contributed by atoms with van der Waals surface area (Å²) in [6, 6.07) is 0. The zero-order chi connectivity index (χ0) is 8.08. The van der Waals surface area contributed by atoms with Crippen molar-refractivity contribution in [2.75, 3.05) is 0 Å². The molecule has 0 aliphatic heterocycles. The molecular weight excluding hydrogens is 218 g/mol. The summed E-state index contributed by atoms with van der Waals surface area (Å²) in [6.45, 7) is 0. The Balaban J connectivity index is -0.0000000383. The van der Waals surface area contributed by atoms with E-state index in [1.54, 1.807) is 0 Å². The summed E-state index contributed by atoms with van der Waals surface area (Å²) < 4.78 is 38.3. The summed E-state index contributed by atoms with van der Waals surface area (Å²) in [5.74, 6) is 0. The molecule has 0 rings (SSSR count). The molecule has 0 aromatic carbocycles. The fourth-order valence-electron chi connectivity index (χ4n) is 0. The summed E-state index contributed by atoms with van der Waals surface area (Å²) in [7, 11) is -4.64. The van der Waals surface area contributed by atoms with Gasteiger partial charge >= 0.3 is 74.7 Å². The summed E-state index contributed by atoms with van der Waals surface area (Å²) in [5, 5.41) is 0. The van der Waals surface area contributed by atoms with Crippen molar-refractivity contribution >= 4 is 23.4 Å². The molecule has 4 nitrogen and oxygen atoms in total. The molecule has 0 atom stereocenters. The van der Waals surface area contributed by atoms with E-state index in [4.69, 9.17) is 19.2 Å². The van der Waals surface area contributed by atoms with Crippen LogP contribution in [0.4, 0.5) is 10.6 Å². The van der Waals surface area contributed by atoms with Crippen LogP contribution < -0.4 is 51.4 Å². The molecule has 0 amide bonds. The van der Waals surface area contributed by atoms with Gasteiger partial charge in [-0.15, -0.1) is 0 Å². The van der Waals surface area contributed by atoms with Crippen LogP contribution in [0.15, 0.2) is 0 Å². The van der Waals surface area contributed by atoms with Crippen LogP contribution in [0.25, 0.3) is 0 Å². The Kier molecular flexibility index (Phi) is 16.5. The Morgan fingerprint density at radius 3 is 1.20 bits per heavy atom. The SMILES string of the molecule is O=P(O)(O)O.[F][Al]([F])[F].[H-].[K+]. The van der Waals surface area contributed by atoms with Crippen molar-refractivity contribution in [3.05, 3.63) is 0 Å².